The molecule has 0 fully saturated rings. The van der Waals surface area contributed by atoms with Crippen molar-refractivity contribution in [3.8, 4) is 22.3 Å². The summed E-state index contributed by atoms with van der Waals surface area (Å²) >= 11 is 0. The van der Waals surface area contributed by atoms with E-state index >= 15 is 0 Å². The van der Waals surface area contributed by atoms with E-state index in [2.05, 4.69) is 193 Å². The summed E-state index contributed by atoms with van der Waals surface area (Å²) in [6, 6.07) is 72.5. The third kappa shape index (κ3) is 6.29. The van der Waals surface area contributed by atoms with Gasteiger partial charge in [-0.05, 0) is 113 Å². The van der Waals surface area contributed by atoms with Crippen molar-refractivity contribution in [2.45, 2.75) is 0 Å². The van der Waals surface area contributed by atoms with Gasteiger partial charge in [-0.1, -0.05) is 182 Å². The largest absolute Gasteiger partial charge is 0.324 e. The summed E-state index contributed by atoms with van der Waals surface area (Å²) < 4.78 is 0. The maximum atomic E-state index is 5.57. The molecule has 8 aromatic carbocycles. The first kappa shape index (κ1) is 34.5. The molecule has 0 amide bonds. The molecule has 8 aromatic rings. The number of fused-ring (bicyclic) bond motifs is 6. The highest BCUT2D eigenvalue weighted by Crippen LogP contribution is 2.50. The number of hydrazine groups is 2. The summed E-state index contributed by atoms with van der Waals surface area (Å²) in [5, 5.41) is 0. The van der Waals surface area contributed by atoms with E-state index < -0.39 is 0 Å². The minimum absolute atomic E-state index is 0.897. The zero-order valence-electron chi connectivity index (χ0n) is 30.8. The first-order valence-corrected chi connectivity index (χ1v) is 18.9. The van der Waals surface area contributed by atoms with Gasteiger partial charge in [0.2, 0.25) is 0 Å². The molecule has 10 rings (SSSR count). The van der Waals surface area contributed by atoms with E-state index in [0.717, 1.165) is 11.4 Å². The molecule has 0 radical (unpaired) electrons. The molecule has 2 aliphatic carbocycles. The minimum Gasteiger partial charge on any atom is -0.324 e. The molecule has 0 spiro atoms. The highest BCUT2D eigenvalue weighted by atomic mass is 15.2. The van der Waals surface area contributed by atoms with Crippen LogP contribution < -0.4 is 22.5 Å². The van der Waals surface area contributed by atoms with Crippen molar-refractivity contribution in [3.63, 3.8) is 0 Å². The number of anilines is 2. The number of rotatable bonds is 6. The molecular formula is C52H40N4. The van der Waals surface area contributed by atoms with E-state index in [-0.39, 0.29) is 0 Å². The van der Waals surface area contributed by atoms with Gasteiger partial charge in [-0.3, -0.25) is 11.7 Å². The Balaban J connectivity index is 0.000000146. The first-order chi connectivity index (χ1) is 27.7. The zero-order valence-corrected chi connectivity index (χ0v) is 30.8. The lowest BCUT2D eigenvalue weighted by Crippen LogP contribution is -2.06. The monoisotopic (exact) mass is 720 g/mol. The first-order valence-electron chi connectivity index (χ1n) is 18.9. The van der Waals surface area contributed by atoms with Crippen LogP contribution in [0.15, 0.2) is 206 Å². The second-order valence-electron chi connectivity index (χ2n) is 13.9. The van der Waals surface area contributed by atoms with Crippen molar-refractivity contribution >= 4 is 33.7 Å². The van der Waals surface area contributed by atoms with Gasteiger partial charge in [-0.2, -0.15) is 0 Å². The van der Waals surface area contributed by atoms with Crippen LogP contribution in [0.2, 0.25) is 0 Å². The molecule has 0 heterocycles. The van der Waals surface area contributed by atoms with E-state index in [1.54, 1.807) is 0 Å². The lowest BCUT2D eigenvalue weighted by atomic mass is 9.88. The Bertz CT molecular complexity index is 2440. The fourth-order valence-corrected chi connectivity index (χ4v) is 8.16. The van der Waals surface area contributed by atoms with Gasteiger partial charge in [0.25, 0.3) is 0 Å². The Kier molecular flexibility index (Phi) is 9.40. The predicted molar refractivity (Wildman–Crippen MR) is 235 cm³/mol. The number of nitrogens with one attached hydrogen (secondary N) is 2. The second-order valence-corrected chi connectivity index (χ2v) is 13.9. The van der Waals surface area contributed by atoms with Gasteiger partial charge >= 0.3 is 0 Å². The van der Waals surface area contributed by atoms with Crippen LogP contribution in [0, 0.1) is 0 Å². The minimum atomic E-state index is 0.897. The van der Waals surface area contributed by atoms with Gasteiger partial charge in [-0.15, -0.1) is 0 Å². The van der Waals surface area contributed by atoms with Crippen LogP contribution in [0.25, 0.3) is 44.5 Å². The highest BCUT2D eigenvalue weighted by Gasteiger charge is 2.28. The molecule has 0 bridgehead atoms. The lowest BCUT2D eigenvalue weighted by molar-refractivity contribution is 1.35. The number of hydrogen-bond acceptors (Lipinski definition) is 4. The molecule has 268 valence electrons. The van der Waals surface area contributed by atoms with Crippen molar-refractivity contribution in [1.29, 1.82) is 0 Å². The van der Waals surface area contributed by atoms with Crippen LogP contribution in [0.5, 0.6) is 0 Å². The van der Waals surface area contributed by atoms with Crippen LogP contribution in [-0.2, 0) is 0 Å². The maximum absolute atomic E-state index is 5.57. The van der Waals surface area contributed by atoms with Crippen LogP contribution >= 0.6 is 0 Å². The van der Waals surface area contributed by atoms with Gasteiger partial charge in [-0.25, -0.2) is 0 Å². The van der Waals surface area contributed by atoms with Crippen LogP contribution in [0.3, 0.4) is 0 Å². The summed E-state index contributed by atoms with van der Waals surface area (Å²) in [7, 11) is 0. The van der Waals surface area contributed by atoms with Crippen molar-refractivity contribution in [2.24, 2.45) is 11.7 Å². The van der Waals surface area contributed by atoms with Gasteiger partial charge < -0.3 is 10.9 Å². The van der Waals surface area contributed by atoms with E-state index in [9.17, 15) is 0 Å². The molecule has 4 heteroatoms. The normalized spacial score (nSPS) is 11.7. The molecule has 2 aliphatic rings. The SMILES string of the molecule is NNc1ccc(C(=C2c3ccccc3-c3ccccc32)c2ccccc2)cc1.NNc1ccc(C(=C2c3ccccc3-c3ccccc32)c2ccccc2)cc1. The van der Waals surface area contributed by atoms with Gasteiger partial charge in [0.15, 0.2) is 0 Å². The van der Waals surface area contributed by atoms with Gasteiger partial charge in [0.05, 0.1) is 0 Å². The topological polar surface area (TPSA) is 76.1 Å². The fourth-order valence-electron chi connectivity index (χ4n) is 8.16. The highest BCUT2D eigenvalue weighted by molar-refractivity contribution is 6.14. The second kappa shape index (κ2) is 15.2. The molecule has 56 heavy (non-hydrogen) atoms. The smallest absolute Gasteiger partial charge is 0.0485 e. The Morgan fingerprint density at radius 2 is 0.482 bits per heavy atom. The van der Waals surface area contributed by atoms with Crippen molar-refractivity contribution < 1.29 is 0 Å². The Morgan fingerprint density at radius 3 is 0.750 bits per heavy atom. The summed E-state index contributed by atoms with van der Waals surface area (Å²) in [6.45, 7) is 0. The molecule has 0 unspecified atom stereocenters. The average molecular weight is 721 g/mol. The van der Waals surface area contributed by atoms with Crippen molar-refractivity contribution in [3.05, 3.63) is 251 Å². The molecule has 0 saturated heterocycles. The molecular weight excluding hydrogens is 681 g/mol. The summed E-state index contributed by atoms with van der Waals surface area (Å²) in [4.78, 5) is 0. The standard InChI is InChI=1S/2C26H20N2/c2*27-28-20-16-14-19(15-17-20)25(18-8-2-1-3-9-18)26-23-12-6-4-10-21(23)22-11-5-7-13-24(22)26/h2*1-17,28H,27H2. The van der Waals surface area contributed by atoms with Gasteiger partial charge in [0, 0.05) is 11.4 Å². The summed E-state index contributed by atoms with van der Waals surface area (Å²) in [5.74, 6) is 11.1. The molecule has 0 aliphatic heterocycles. The molecule has 0 saturated carbocycles. The summed E-state index contributed by atoms with van der Waals surface area (Å²) in [6.07, 6.45) is 0. The predicted octanol–water partition coefficient (Wildman–Crippen LogP) is 11.9. The maximum Gasteiger partial charge on any atom is 0.0485 e. The average Bonchev–Trinajstić information content (AvgIpc) is 3.78. The van der Waals surface area contributed by atoms with E-state index in [1.807, 2.05) is 24.3 Å². The number of nitrogen functional groups attached to an aromatic ring is 2. The Labute approximate surface area is 328 Å². The zero-order chi connectivity index (χ0) is 37.8. The number of hydrogen-bond donors (Lipinski definition) is 4. The Morgan fingerprint density at radius 1 is 0.250 bits per heavy atom. The number of benzene rings is 8. The Hall–Kier alpha value is -7.24. The van der Waals surface area contributed by atoms with Crippen molar-refractivity contribution in [2.75, 3.05) is 10.9 Å². The molecule has 0 aromatic heterocycles. The van der Waals surface area contributed by atoms with Crippen LogP contribution in [0.1, 0.15) is 44.5 Å². The fraction of sp³-hybridized carbons (Fsp3) is 0. The third-order valence-electron chi connectivity index (χ3n) is 10.7. The van der Waals surface area contributed by atoms with E-state index in [4.69, 9.17) is 11.7 Å². The van der Waals surface area contributed by atoms with Crippen molar-refractivity contribution in [1.82, 2.24) is 0 Å². The number of nitrogens with two attached hydrogens (primary N) is 2. The third-order valence-corrected chi connectivity index (χ3v) is 10.7. The van der Waals surface area contributed by atoms with Crippen LogP contribution in [0.4, 0.5) is 11.4 Å². The molecule has 0 atom stereocenters. The summed E-state index contributed by atoms with van der Waals surface area (Å²) in [5.41, 5.74) is 27.3. The van der Waals surface area contributed by atoms with Crippen LogP contribution in [-0.4, -0.2) is 0 Å². The molecule has 6 N–H and O–H groups in total. The lowest BCUT2D eigenvalue weighted by Gasteiger charge is -2.15. The van der Waals surface area contributed by atoms with Gasteiger partial charge in [0.1, 0.15) is 0 Å². The quantitative estimate of drug-likeness (QED) is 0.102. The molecule has 4 nitrogen and oxygen atoms in total. The van der Waals surface area contributed by atoms with E-state index in [1.165, 1.54) is 89.1 Å². The van der Waals surface area contributed by atoms with E-state index in [0.29, 0.717) is 0 Å².